The van der Waals surface area contributed by atoms with Crippen LogP contribution in [-0.2, 0) is 0 Å². The van der Waals surface area contributed by atoms with E-state index in [9.17, 15) is 4.79 Å². The summed E-state index contributed by atoms with van der Waals surface area (Å²) in [6, 6.07) is 13.0. The summed E-state index contributed by atoms with van der Waals surface area (Å²) in [4.78, 5) is 11.2. The van der Waals surface area contributed by atoms with Crippen molar-refractivity contribution >= 4 is 23.2 Å². The Morgan fingerprint density at radius 3 is 2.67 bits per heavy atom. The molecule has 0 aliphatic carbocycles. The first-order valence-corrected chi connectivity index (χ1v) is 6.89. The van der Waals surface area contributed by atoms with Gasteiger partial charge in [0.25, 0.3) is 0 Å². The van der Waals surface area contributed by atoms with Crippen LogP contribution in [-0.4, -0.2) is 13.0 Å². The first kappa shape index (κ1) is 15.2. The van der Waals surface area contributed by atoms with E-state index in [1.54, 1.807) is 25.3 Å². The molecule has 1 unspecified atom stereocenters. The predicted octanol–water partition coefficient (Wildman–Crippen LogP) is 3.62. The molecule has 0 radical (unpaired) electrons. The fourth-order valence-corrected chi connectivity index (χ4v) is 2.32. The van der Waals surface area contributed by atoms with Crippen LogP contribution >= 0.6 is 11.6 Å². The van der Waals surface area contributed by atoms with Crippen molar-refractivity contribution in [3.8, 4) is 5.75 Å². The number of rotatable bonds is 5. The molecule has 1 amide bonds. The average Bonchev–Trinajstić information content (AvgIpc) is 2.47. The summed E-state index contributed by atoms with van der Waals surface area (Å²) in [7, 11) is 1.64. The average molecular weight is 305 g/mol. The monoisotopic (exact) mass is 304 g/mol. The molecule has 0 fully saturated rings. The third-order valence-corrected chi connectivity index (χ3v) is 3.52. The van der Waals surface area contributed by atoms with Crippen molar-refractivity contribution in [1.29, 1.82) is 0 Å². The highest BCUT2D eigenvalue weighted by Gasteiger charge is 2.10. The summed E-state index contributed by atoms with van der Waals surface area (Å²) < 4.78 is 5.22. The lowest BCUT2D eigenvalue weighted by Crippen LogP contribution is -2.12. The number of ether oxygens (including phenoxy) is 1. The maximum Gasteiger partial charge on any atom is 0.250 e. The van der Waals surface area contributed by atoms with E-state index in [0.717, 1.165) is 17.0 Å². The van der Waals surface area contributed by atoms with Crippen molar-refractivity contribution < 1.29 is 9.53 Å². The lowest BCUT2D eigenvalue weighted by atomic mass is 10.1. The second kappa shape index (κ2) is 6.50. The predicted molar refractivity (Wildman–Crippen MR) is 85.0 cm³/mol. The maximum absolute atomic E-state index is 11.2. The highest BCUT2D eigenvalue weighted by atomic mass is 35.5. The fourth-order valence-electron chi connectivity index (χ4n) is 2.05. The van der Waals surface area contributed by atoms with Crippen LogP contribution in [0.4, 0.5) is 5.69 Å². The van der Waals surface area contributed by atoms with E-state index in [4.69, 9.17) is 22.1 Å². The van der Waals surface area contributed by atoms with E-state index in [1.165, 1.54) is 0 Å². The molecule has 0 saturated heterocycles. The minimum atomic E-state index is -0.535. The van der Waals surface area contributed by atoms with Crippen LogP contribution in [0, 0.1) is 0 Å². The number of benzene rings is 2. The summed E-state index contributed by atoms with van der Waals surface area (Å²) in [5.41, 5.74) is 7.45. The number of nitrogens with two attached hydrogens (primary N) is 1. The molecule has 0 spiro atoms. The molecule has 5 heteroatoms. The second-order valence-corrected chi connectivity index (χ2v) is 5.11. The largest absolute Gasteiger partial charge is 0.497 e. The third-order valence-electron chi connectivity index (χ3n) is 3.21. The van der Waals surface area contributed by atoms with E-state index in [0.29, 0.717) is 10.6 Å². The van der Waals surface area contributed by atoms with Gasteiger partial charge in [-0.15, -0.1) is 0 Å². The van der Waals surface area contributed by atoms with Crippen LogP contribution in [0.5, 0.6) is 5.75 Å². The van der Waals surface area contributed by atoms with Gasteiger partial charge >= 0.3 is 0 Å². The summed E-state index contributed by atoms with van der Waals surface area (Å²) in [5, 5.41) is 3.66. The lowest BCUT2D eigenvalue weighted by Gasteiger charge is -2.17. The van der Waals surface area contributed by atoms with Gasteiger partial charge in [-0.3, -0.25) is 4.79 Å². The van der Waals surface area contributed by atoms with E-state index in [1.807, 2.05) is 31.2 Å². The molecule has 0 bridgehead atoms. The van der Waals surface area contributed by atoms with Crippen molar-refractivity contribution in [2.75, 3.05) is 12.4 Å². The van der Waals surface area contributed by atoms with Gasteiger partial charge in [-0.1, -0.05) is 23.7 Å². The summed E-state index contributed by atoms with van der Waals surface area (Å²) in [6.07, 6.45) is 0. The number of primary amides is 1. The van der Waals surface area contributed by atoms with Crippen molar-refractivity contribution in [3.05, 3.63) is 58.6 Å². The molecule has 2 aromatic carbocycles. The zero-order chi connectivity index (χ0) is 15.4. The van der Waals surface area contributed by atoms with Crippen LogP contribution < -0.4 is 15.8 Å². The Hall–Kier alpha value is -2.20. The van der Waals surface area contributed by atoms with E-state index in [-0.39, 0.29) is 6.04 Å². The van der Waals surface area contributed by atoms with Crippen LogP contribution in [0.15, 0.2) is 42.5 Å². The maximum atomic E-state index is 11.2. The van der Waals surface area contributed by atoms with Crippen LogP contribution in [0.2, 0.25) is 5.02 Å². The number of amides is 1. The molecule has 3 N–H and O–H groups in total. The number of halogens is 1. The smallest absolute Gasteiger partial charge is 0.250 e. The molecule has 21 heavy (non-hydrogen) atoms. The summed E-state index contributed by atoms with van der Waals surface area (Å²) in [6.45, 7) is 2.03. The highest BCUT2D eigenvalue weighted by Crippen LogP contribution is 2.26. The quantitative estimate of drug-likeness (QED) is 0.886. The number of methoxy groups -OCH3 is 1. The second-order valence-electron chi connectivity index (χ2n) is 4.70. The Bertz CT molecular complexity index is 658. The van der Waals surface area contributed by atoms with Gasteiger partial charge < -0.3 is 15.8 Å². The number of anilines is 1. The summed E-state index contributed by atoms with van der Waals surface area (Å²) in [5.74, 6) is 0.274. The first-order valence-electron chi connectivity index (χ1n) is 6.51. The van der Waals surface area contributed by atoms with Gasteiger partial charge in [-0.25, -0.2) is 0 Å². The number of hydrogen-bond acceptors (Lipinski definition) is 3. The normalized spacial score (nSPS) is 11.8. The van der Waals surface area contributed by atoms with Crippen LogP contribution in [0.1, 0.15) is 28.9 Å². The molecular formula is C16H17ClN2O2. The van der Waals surface area contributed by atoms with Crippen molar-refractivity contribution in [3.63, 3.8) is 0 Å². The fraction of sp³-hybridized carbons (Fsp3) is 0.188. The van der Waals surface area contributed by atoms with Gasteiger partial charge in [-0.2, -0.15) is 0 Å². The zero-order valence-electron chi connectivity index (χ0n) is 11.9. The van der Waals surface area contributed by atoms with Crippen molar-refractivity contribution in [2.45, 2.75) is 13.0 Å². The van der Waals surface area contributed by atoms with Gasteiger partial charge in [0.2, 0.25) is 5.91 Å². The topological polar surface area (TPSA) is 64.3 Å². The molecule has 0 aliphatic heterocycles. The zero-order valence-corrected chi connectivity index (χ0v) is 12.6. The molecular weight excluding hydrogens is 288 g/mol. The Balaban J connectivity index is 2.17. The van der Waals surface area contributed by atoms with Gasteiger partial charge in [0.15, 0.2) is 0 Å². The Kier molecular flexibility index (Phi) is 4.70. The van der Waals surface area contributed by atoms with E-state index >= 15 is 0 Å². The van der Waals surface area contributed by atoms with E-state index in [2.05, 4.69) is 5.32 Å². The van der Waals surface area contributed by atoms with E-state index < -0.39 is 5.91 Å². The molecule has 1 atom stereocenters. The highest BCUT2D eigenvalue weighted by molar-refractivity contribution is 6.34. The van der Waals surface area contributed by atoms with Crippen LogP contribution in [0.3, 0.4) is 0 Å². The number of carbonyl (C=O) groups excluding carboxylic acids is 1. The molecule has 0 aromatic heterocycles. The molecule has 4 nitrogen and oxygen atoms in total. The number of nitrogens with one attached hydrogen (secondary N) is 1. The number of carbonyl (C=O) groups is 1. The van der Waals surface area contributed by atoms with Gasteiger partial charge in [0, 0.05) is 11.7 Å². The lowest BCUT2D eigenvalue weighted by molar-refractivity contribution is 0.100. The third kappa shape index (κ3) is 3.67. The minimum absolute atomic E-state index is 0.0654. The van der Waals surface area contributed by atoms with Crippen molar-refractivity contribution in [1.82, 2.24) is 0 Å². The Morgan fingerprint density at radius 2 is 2.05 bits per heavy atom. The molecule has 110 valence electrons. The minimum Gasteiger partial charge on any atom is -0.497 e. The van der Waals surface area contributed by atoms with Gasteiger partial charge in [-0.05, 0) is 42.8 Å². The van der Waals surface area contributed by atoms with Crippen LogP contribution in [0.25, 0.3) is 0 Å². The molecule has 2 aromatic rings. The Morgan fingerprint density at radius 1 is 1.29 bits per heavy atom. The Labute approximate surface area is 128 Å². The molecule has 0 heterocycles. The molecule has 0 saturated carbocycles. The van der Waals surface area contributed by atoms with Gasteiger partial charge in [0.05, 0.1) is 17.7 Å². The first-order chi connectivity index (χ1) is 10.0. The van der Waals surface area contributed by atoms with Gasteiger partial charge in [0.1, 0.15) is 5.75 Å². The summed E-state index contributed by atoms with van der Waals surface area (Å²) >= 11 is 6.04. The van der Waals surface area contributed by atoms with Crippen molar-refractivity contribution in [2.24, 2.45) is 5.73 Å². The molecule has 0 aliphatic rings. The molecule has 2 rings (SSSR count). The number of hydrogen-bond donors (Lipinski definition) is 2. The standard InChI is InChI=1S/C16H17ClN2O2/c1-10(11-4-3-5-13(8-11)21-2)19-12-6-7-14(16(18)20)15(17)9-12/h3-10,19H,1-2H3,(H2,18,20). The SMILES string of the molecule is COc1cccc(C(C)Nc2ccc(C(N)=O)c(Cl)c2)c1.